The Bertz CT molecular complexity index is 757. The Labute approximate surface area is 150 Å². The molecule has 3 heterocycles. The summed E-state index contributed by atoms with van der Waals surface area (Å²) in [4.78, 5) is 27.6. The number of ether oxygens (including phenoxy) is 1. The van der Waals surface area contributed by atoms with Crippen molar-refractivity contribution in [3.63, 3.8) is 0 Å². The van der Waals surface area contributed by atoms with Crippen molar-refractivity contribution in [1.29, 1.82) is 0 Å². The maximum Gasteiger partial charge on any atom is 0.345 e. The monoisotopic (exact) mass is 364 g/mol. The number of likely N-dealkylation sites (tertiary alicyclic amines) is 1. The average molecular weight is 364 g/mol. The molecule has 0 radical (unpaired) electrons. The Morgan fingerprint density at radius 2 is 2.16 bits per heavy atom. The highest BCUT2D eigenvalue weighted by molar-refractivity contribution is 7.12. The molecule has 2 aromatic rings. The van der Waals surface area contributed by atoms with E-state index in [-0.39, 0.29) is 17.5 Å². The van der Waals surface area contributed by atoms with Gasteiger partial charge >= 0.3 is 5.69 Å². The lowest BCUT2D eigenvalue weighted by molar-refractivity contribution is 0.0715. The first kappa shape index (κ1) is 17.9. The smallest absolute Gasteiger partial charge is 0.345 e. The molecule has 0 saturated carbocycles. The van der Waals surface area contributed by atoms with Gasteiger partial charge in [-0.3, -0.25) is 9.36 Å². The first-order valence-electron chi connectivity index (χ1n) is 8.65. The fourth-order valence-electron chi connectivity index (χ4n) is 3.28. The molecule has 0 atom stereocenters. The van der Waals surface area contributed by atoms with Gasteiger partial charge in [-0.2, -0.15) is 5.10 Å². The minimum Gasteiger partial charge on any atom is -0.383 e. The number of nitrogens with zero attached hydrogens (tertiary/aromatic N) is 4. The molecule has 3 rings (SSSR count). The van der Waals surface area contributed by atoms with E-state index in [0.29, 0.717) is 32.8 Å². The zero-order valence-electron chi connectivity index (χ0n) is 14.7. The molecule has 8 heteroatoms. The van der Waals surface area contributed by atoms with Crippen LogP contribution in [0.15, 0.2) is 22.3 Å². The number of piperidine rings is 1. The van der Waals surface area contributed by atoms with Gasteiger partial charge in [0.15, 0.2) is 0 Å². The van der Waals surface area contributed by atoms with Crippen LogP contribution in [0.4, 0.5) is 0 Å². The molecule has 0 bridgehead atoms. The molecule has 0 spiro atoms. The summed E-state index contributed by atoms with van der Waals surface area (Å²) >= 11 is 1.48. The molecular weight excluding hydrogens is 340 g/mol. The third-order valence-corrected chi connectivity index (χ3v) is 5.51. The van der Waals surface area contributed by atoms with Crippen molar-refractivity contribution in [3.05, 3.63) is 38.7 Å². The number of amides is 1. The predicted octanol–water partition coefficient (Wildman–Crippen LogP) is 1.79. The van der Waals surface area contributed by atoms with Crippen molar-refractivity contribution in [2.24, 2.45) is 0 Å². The molecule has 1 amide bonds. The van der Waals surface area contributed by atoms with Crippen molar-refractivity contribution in [3.8, 4) is 0 Å². The van der Waals surface area contributed by atoms with Gasteiger partial charge in [-0.15, -0.1) is 11.3 Å². The summed E-state index contributed by atoms with van der Waals surface area (Å²) in [5, 5.41) is 6.47. The van der Waals surface area contributed by atoms with E-state index in [9.17, 15) is 9.59 Å². The highest BCUT2D eigenvalue weighted by Crippen LogP contribution is 2.27. The van der Waals surface area contributed by atoms with Gasteiger partial charge in [0.05, 0.1) is 18.0 Å². The predicted molar refractivity (Wildman–Crippen MR) is 96.2 cm³/mol. The van der Waals surface area contributed by atoms with Crippen LogP contribution in [-0.4, -0.2) is 52.0 Å². The van der Waals surface area contributed by atoms with Gasteiger partial charge in [-0.25, -0.2) is 9.48 Å². The summed E-state index contributed by atoms with van der Waals surface area (Å²) in [6.45, 7) is 4.89. The van der Waals surface area contributed by atoms with Gasteiger partial charge in [0.1, 0.15) is 5.82 Å². The first-order valence-corrected chi connectivity index (χ1v) is 9.53. The highest BCUT2D eigenvalue weighted by Gasteiger charge is 2.28. The van der Waals surface area contributed by atoms with Gasteiger partial charge in [-0.05, 0) is 31.2 Å². The summed E-state index contributed by atoms with van der Waals surface area (Å²) in [6.07, 6.45) is 1.66. The lowest BCUT2D eigenvalue weighted by atomic mass is 9.95. The maximum atomic E-state index is 12.5. The fraction of sp³-hybridized carbons (Fsp3) is 0.588. The van der Waals surface area contributed by atoms with Crippen molar-refractivity contribution >= 4 is 17.2 Å². The number of methoxy groups -OCH3 is 1. The Morgan fingerprint density at radius 1 is 1.40 bits per heavy atom. The third kappa shape index (κ3) is 3.69. The number of carbonyl (C=O) groups excluding carboxylic acids is 1. The van der Waals surface area contributed by atoms with Crippen molar-refractivity contribution in [1.82, 2.24) is 19.2 Å². The van der Waals surface area contributed by atoms with E-state index >= 15 is 0 Å². The van der Waals surface area contributed by atoms with E-state index in [1.54, 1.807) is 11.7 Å². The molecule has 0 N–H and O–H groups in total. The molecular formula is C17H24N4O3S. The SMILES string of the molecule is CCn1c(C2CCN(C(=O)c3cccs3)CC2)nn(CCOC)c1=O. The number of hydrogen-bond donors (Lipinski definition) is 0. The molecule has 0 aliphatic carbocycles. The van der Waals surface area contributed by atoms with Gasteiger partial charge in [-0.1, -0.05) is 6.07 Å². The van der Waals surface area contributed by atoms with Gasteiger partial charge in [0.25, 0.3) is 5.91 Å². The van der Waals surface area contributed by atoms with Crippen LogP contribution >= 0.6 is 11.3 Å². The van der Waals surface area contributed by atoms with Crippen LogP contribution in [-0.2, 0) is 17.8 Å². The van der Waals surface area contributed by atoms with Gasteiger partial charge in [0, 0.05) is 32.7 Å². The second kappa shape index (κ2) is 7.97. The Hall–Kier alpha value is -1.93. The highest BCUT2D eigenvalue weighted by atomic mass is 32.1. The Balaban J connectivity index is 1.70. The molecule has 0 aromatic carbocycles. The van der Waals surface area contributed by atoms with Gasteiger partial charge < -0.3 is 9.64 Å². The average Bonchev–Trinajstić information content (AvgIpc) is 3.28. The molecule has 1 aliphatic rings. The first-order chi connectivity index (χ1) is 12.2. The van der Waals surface area contributed by atoms with Crippen LogP contribution in [0.25, 0.3) is 0 Å². The molecule has 1 aliphatic heterocycles. The molecule has 0 unspecified atom stereocenters. The van der Waals surface area contributed by atoms with Crippen LogP contribution < -0.4 is 5.69 Å². The quantitative estimate of drug-likeness (QED) is 0.784. The topological polar surface area (TPSA) is 69.4 Å². The molecule has 25 heavy (non-hydrogen) atoms. The summed E-state index contributed by atoms with van der Waals surface area (Å²) in [5.41, 5.74) is -0.0772. The van der Waals surface area contributed by atoms with E-state index in [2.05, 4.69) is 5.10 Å². The second-order valence-electron chi connectivity index (χ2n) is 6.14. The van der Waals surface area contributed by atoms with E-state index in [0.717, 1.165) is 23.5 Å². The number of aromatic nitrogens is 3. The third-order valence-electron chi connectivity index (χ3n) is 4.65. The van der Waals surface area contributed by atoms with E-state index in [4.69, 9.17) is 4.74 Å². The summed E-state index contributed by atoms with van der Waals surface area (Å²) in [7, 11) is 1.61. The Kier molecular flexibility index (Phi) is 5.70. The number of thiophene rings is 1. The lowest BCUT2D eigenvalue weighted by Gasteiger charge is -2.31. The van der Waals surface area contributed by atoms with E-state index < -0.39 is 0 Å². The van der Waals surface area contributed by atoms with Crippen LogP contribution in [0.5, 0.6) is 0 Å². The van der Waals surface area contributed by atoms with Crippen molar-refractivity contribution in [2.45, 2.75) is 38.8 Å². The molecule has 2 aromatic heterocycles. The molecule has 1 saturated heterocycles. The lowest BCUT2D eigenvalue weighted by Crippen LogP contribution is -2.38. The van der Waals surface area contributed by atoms with E-state index in [1.165, 1.54) is 16.0 Å². The van der Waals surface area contributed by atoms with Crippen LogP contribution in [0.1, 0.15) is 41.2 Å². The number of carbonyl (C=O) groups is 1. The minimum absolute atomic E-state index is 0.0772. The van der Waals surface area contributed by atoms with Crippen LogP contribution in [0, 0.1) is 0 Å². The second-order valence-corrected chi connectivity index (χ2v) is 7.09. The molecule has 7 nitrogen and oxygen atoms in total. The fourth-order valence-corrected chi connectivity index (χ4v) is 3.97. The molecule has 1 fully saturated rings. The zero-order chi connectivity index (χ0) is 17.8. The van der Waals surface area contributed by atoms with Gasteiger partial charge in [0.2, 0.25) is 0 Å². The Morgan fingerprint density at radius 3 is 2.76 bits per heavy atom. The van der Waals surface area contributed by atoms with Crippen molar-refractivity contribution in [2.75, 3.05) is 26.8 Å². The largest absolute Gasteiger partial charge is 0.383 e. The van der Waals surface area contributed by atoms with Crippen LogP contribution in [0.2, 0.25) is 0 Å². The van der Waals surface area contributed by atoms with Crippen molar-refractivity contribution < 1.29 is 9.53 Å². The summed E-state index contributed by atoms with van der Waals surface area (Å²) in [5.74, 6) is 1.16. The van der Waals surface area contributed by atoms with Crippen LogP contribution in [0.3, 0.4) is 0 Å². The standard InChI is InChI=1S/C17H24N4O3S/c1-3-20-15(18-21(17(20)23)10-11-24-2)13-6-8-19(9-7-13)16(22)14-5-4-12-25-14/h4-5,12-13H,3,6-11H2,1-2H3. The molecule has 136 valence electrons. The summed E-state index contributed by atoms with van der Waals surface area (Å²) < 4.78 is 8.29. The zero-order valence-corrected chi connectivity index (χ0v) is 15.5. The maximum absolute atomic E-state index is 12.5. The number of rotatable bonds is 6. The minimum atomic E-state index is -0.0772. The van der Waals surface area contributed by atoms with E-state index in [1.807, 2.05) is 29.3 Å². The number of hydrogen-bond acceptors (Lipinski definition) is 5. The normalized spacial score (nSPS) is 15.7. The summed E-state index contributed by atoms with van der Waals surface area (Å²) in [6, 6.07) is 3.77.